The molecular formula is C19H24N2O2. The Kier molecular flexibility index (Phi) is 6.78. The molecule has 0 spiro atoms. The zero-order valence-electron chi connectivity index (χ0n) is 13.5. The van der Waals surface area contributed by atoms with E-state index in [-0.39, 0.29) is 0 Å². The predicted molar refractivity (Wildman–Crippen MR) is 92.5 cm³/mol. The lowest BCUT2D eigenvalue weighted by Crippen LogP contribution is -2.23. The van der Waals surface area contributed by atoms with Crippen molar-refractivity contribution < 1.29 is 9.90 Å². The zero-order valence-corrected chi connectivity index (χ0v) is 13.5. The van der Waals surface area contributed by atoms with Gasteiger partial charge in [0.25, 0.3) is 0 Å². The Morgan fingerprint density at radius 2 is 1.74 bits per heavy atom. The van der Waals surface area contributed by atoms with E-state index in [1.165, 1.54) is 5.56 Å². The number of aromatic carboxylic acids is 1. The third-order valence-corrected chi connectivity index (χ3v) is 3.72. The van der Waals surface area contributed by atoms with Gasteiger partial charge in [-0.3, -0.25) is 0 Å². The summed E-state index contributed by atoms with van der Waals surface area (Å²) in [5, 5.41) is 12.3. The van der Waals surface area contributed by atoms with E-state index >= 15 is 0 Å². The van der Waals surface area contributed by atoms with Gasteiger partial charge in [-0.15, -0.1) is 0 Å². The molecule has 0 saturated carbocycles. The Morgan fingerprint density at radius 3 is 2.39 bits per heavy atom. The van der Waals surface area contributed by atoms with Gasteiger partial charge in [0.15, 0.2) is 0 Å². The molecule has 0 saturated heterocycles. The van der Waals surface area contributed by atoms with Gasteiger partial charge in [-0.2, -0.15) is 0 Å². The Bertz CT molecular complexity index is 597. The van der Waals surface area contributed by atoms with E-state index in [1.54, 1.807) is 12.1 Å². The van der Waals surface area contributed by atoms with Crippen LogP contribution < -0.4 is 5.32 Å². The number of carboxylic acids is 1. The summed E-state index contributed by atoms with van der Waals surface area (Å²) >= 11 is 0. The van der Waals surface area contributed by atoms with Gasteiger partial charge in [-0.1, -0.05) is 42.5 Å². The Labute approximate surface area is 137 Å². The number of hydrogen-bond acceptors (Lipinski definition) is 3. The summed E-state index contributed by atoms with van der Waals surface area (Å²) in [6, 6.07) is 17.5. The lowest BCUT2D eigenvalue weighted by Gasteiger charge is -2.16. The predicted octanol–water partition coefficient (Wildman–Crippen LogP) is 3.00. The highest BCUT2D eigenvalue weighted by molar-refractivity contribution is 5.87. The van der Waals surface area contributed by atoms with Gasteiger partial charge in [0.1, 0.15) is 0 Å². The van der Waals surface area contributed by atoms with Crippen molar-refractivity contribution in [2.75, 3.05) is 20.1 Å². The average molecular weight is 312 g/mol. The number of carboxylic acid groups (broad SMARTS) is 1. The third-order valence-electron chi connectivity index (χ3n) is 3.72. The van der Waals surface area contributed by atoms with Gasteiger partial charge in [-0.05, 0) is 49.8 Å². The lowest BCUT2D eigenvalue weighted by molar-refractivity contribution is 0.0697. The first-order chi connectivity index (χ1) is 11.1. The number of rotatable bonds is 9. The Morgan fingerprint density at radius 1 is 1.04 bits per heavy atom. The highest BCUT2D eigenvalue weighted by Gasteiger charge is 2.02. The van der Waals surface area contributed by atoms with Gasteiger partial charge in [0.2, 0.25) is 0 Å². The summed E-state index contributed by atoms with van der Waals surface area (Å²) in [5.74, 6) is -0.883. The number of benzene rings is 2. The van der Waals surface area contributed by atoms with Crippen molar-refractivity contribution >= 4 is 5.97 Å². The molecule has 2 rings (SSSR count). The summed E-state index contributed by atoms with van der Waals surface area (Å²) in [6.45, 7) is 3.72. The van der Waals surface area contributed by atoms with Crippen LogP contribution >= 0.6 is 0 Å². The van der Waals surface area contributed by atoms with E-state index in [0.717, 1.165) is 38.2 Å². The second kappa shape index (κ2) is 9.08. The van der Waals surface area contributed by atoms with Crippen LogP contribution in [0.2, 0.25) is 0 Å². The van der Waals surface area contributed by atoms with Crippen LogP contribution in [0.15, 0.2) is 54.6 Å². The van der Waals surface area contributed by atoms with Gasteiger partial charge in [0.05, 0.1) is 5.56 Å². The number of nitrogens with one attached hydrogen (secondary N) is 1. The molecule has 122 valence electrons. The fraction of sp³-hybridized carbons (Fsp3) is 0.316. The molecule has 0 amide bonds. The molecule has 4 heteroatoms. The molecule has 0 aromatic heterocycles. The molecule has 0 fully saturated rings. The van der Waals surface area contributed by atoms with Gasteiger partial charge < -0.3 is 15.3 Å². The summed E-state index contributed by atoms with van der Waals surface area (Å²) in [5.41, 5.74) is 2.77. The SMILES string of the molecule is CN(CCCNCc1ccc(C(=O)O)cc1)Cc1ccccc1. The van der Waals surface area contributed by atoms with Crippen molar-refractivity contribution in [2.24, 2.45) is 0 Å². The molecule has 0 aliphatic rings. The van der Waals surface area contributed by atoms with Crippen LogP contribution in [-0.2, 0) is 13.1 Å². The number of hydrogen-bond donors (Lipinski definition) is 2. The van der Waals surface area contributed by atoms with E-state index in [1.807, 2.05) is 18.2 Å². The van der Waals surface area contributed by atoms with Crippen LogP contribution in [0.25, 0.3) is 0 Å². The van der Waals surface area contributed by atoms with Crippen molar-refractivity contribution in [1.29, 1.82) is 0 Å². The summed E-state index contributed by atoms with van der Waals surface area (Å²) < 4.78 is 0. The smallest absolute Gasteiger partial charge is 0.335 e. The second-order valence-corrected chi connectivity index (χ2v) is 5.76. The van der Waals surface area contributed by atoms with Crippen LogP contribution in [0.5, 0.6) is 0 Å². The van der Waals surface area contributed by atoms with Crippen molar-refractivity contribution in [3.8, 4) is 0 Å². The van der Waals surface area contributed by atoms with Crippen LogP contribution in [0.1, 0.15) is 27.9 Å². The van der Waals surface area contributed by atoms with Gasteiger partial charge >= 0.3 is 5.97 Å². The quantitative estimate of drug-likeness (QED) is 0.699. The first kappa shape index (κ1) is 17.2. The van der Waals surface area contributed by atoms with E-state index in [2.05, 4.69) is 41.5 Å². The minimum absolute atomic E-state index is 0.330. The largest absolute Gasteiger partial charge is 0.478 e. The number of carbonyl (C=O) groups is 1. The zero-order chi connectivity index (χ0) is 16.5. The molecule has 4 nitrogen and oxygen atoms in total. The minimum atomic E-state index is -0.883. The molecule has 0 radical (unpaired) electrons. The molecule has 0 heterocycles. The van der Waals surface area contributed by atoms with Crippen molar-refractivity contribution in [1.82, 2.24) is 10.2 Å². The van der Waals surface area contributed by atoms with Gasteiger partial charge in [0, 0.05) is 13.1 Å². The molecule has 2 aromatic carbocycles. The van der Waals surface area contributed by atoms with E-state index in [9.17, 15) is 4.79 Å². The molecule has 2 aromatic rings. The molecule has 0 aliphatic carbocycles. The summed E-state index contributed by atoms with van der Waals surface area (Å²) in [4.78, 5) is 13.1. The fourth-order valence-electron chi connectivity index (χ4n) is 2.45. The van der Waals surface area contributed by atoms with Crippen molar-refractivity contribution in [3.05, 3.63) is 71.3 Å². The van der Waals surface area contributed by atoms with Gasteiger partial charge in [-0.25, -0.2) is 4.79 Å². The van der Waals surface area contributed by atoms with Crippen LogP contribution in [0, 0.1) is 0 Å². The monoisotopic (exact) mass is 312 g/mol. The minimum Gasteiger partial charge on any atom is -0.478 e. The Hall–Kier alpha value is -2.17. The molecular weight excluding hydrogens is 288 g/mol. The maximum atomic E-state index is 10.8. The average Bonchev–Trinajstić information content (AvgIpc) is 2.56. The highest BCUT2D eigenvalue weighted by Crippen LogP contribution is 2.05. The standard InChI is InChI=1S/C19H24N2O2/c1-21(15-17-6-3-2-4-7-17)13-5-12-20-14-16-8-10-18(11-9-16)19(22)23/h2-4,6-11,20H,5,12-15H2,1H3,(H,22,23). The molecule has 0 bridgehead atoms. The van der Waals surface area contributed by atoms with Crippen molar-refractivity contribution in [2.45, 2.75) is 19.5 Å². The second-order valence-electron chi connectivity index (χ2n) is 5.76. The number of nitrogens with zero attached hydrogens (tertiary/aromatic N) is 1. The van der Waals surface area contributed by atoms with E-state index in [4.69, 9.17) is 5.11 Å². The molecule has 2 N–H and O–H groups in total. The maximum Gasteiger partial charge on any atom is 0.335 e. The molecule has 23 heavy (non-hydrogen) atoms. The molecule has 0 atom stereocenters. The van der Waals surface area contributed by atoms with Crippen molar-refractivity contribution in [3.63, 3.8) is 0 Å². The topological polar surface area (TPSA) is 52.6 Å². The van der Waals surface area contributed by atoms with E-state index in [0.29, 0.717) is 5.56 Å². The first-order valence-corrected chi connectivity index (χ1v) is 7.90. The fourth-order valence-corrected chi connectivity index (χ4v) is 2.45. The Balaban J connectivity index is 1.61. The third kappa shape index (κ3) is 6.22. The van der Waals surface area contributed by atoms with E-state index < -0.39 is 5.97 Å². The molecule has 0 aliphatic heterocycles. The maximum absolute atomic E-state index is 10.8. The summed E-state index contributed by atoms with van der Waals surface area (Å²) in [7, 11) is 2.14. The normalized spacial score (nSPS) is 10.9. The van der Waals surface area contributed by atoms with Crippen LogP contribution in [0.4, 0.5) is 0 Å². The van der Waals surface area contributed by atoms with Crippen LogP contribution in [0.3, 0.4) is 0 Å². The lowest BCUT2D eigenvalue weighted by atomic mass is 10.1. The first-order valence-electron chi connectivity index (χ1n) is 7.90. The highest BCUT2D eigenvalue weighted by atomic mass is 16.4. The summed E-state index contributed by atoms with van der Waals surface area (Å²) in [6.07, 6.45) is 1.08. The molecule has 0 unspecified atom stereocenters. The van der Waals surface area contributed by atoms with Crippen LogP contribution in [-0.4, -0.2) is 36.1 Å².